The van der Waals surface area contributed by atoms with Crippen molar-refractivity contribution < 1.29 is 19.1 Å². The van der Waals surface area contributed by atoms with Gasteiger partial charge in [0, 0.05) is 15.6 Å². The van der Waals surface area contributed by atoms with E-state index in [1.165, 1.54) is 7.11 Å². The van der Waals surface area contributed by atoms with Gasteiger partial charge in [-0.3, -0.25) is 9.59 Å². The van der Waals surface area contributed by atoms with Crippen molar-refractivity contribution in [3.05, 3.63) is 57.1 Å². The summed E-state index contributed by atoms with van der Waals surface area (Å²) in [5.74, 6) is 0.888. The summed E-state index contributed by atoms with van der Waals surface area (Å²) in [7, 11) is 3.10. The lowest BCUT2D eigenvalue weighted by Crippen LogP contribution is -2.34. The molecule has 0 aromatic heterocycles. The molecule has 0 fully saturated rings. The molecule has 1 spiro atoms. The first-order chi connectivity index (χ1) is 11.5. The van der Waals surface area contributed by atoms with Gasteiger partial charge in [-0.15, -0.1) is 0 Å². The molecular formula is C19H15BrO4. The van der Waals surface area contributed by atoms with Crippen LogP contribution in [0.1, 0.15) is 31.8 Å². The van der Waals surface area contributed by atoms with Gasteiger partial charge in [-0.2, -0.15) is 0 Å². The number of carbonyl (C=O) groups excluding carboxylic acids is 2. The van der Waals surface area contributed by atoms with Crippen LogP contribution >= 0.6 is 15.9 Å². The van der Waals surface area contributed by atoms with E-state index in [0.29, 0.717) is 35.5 Å². The van der Waals surface area contributed by atoms with E-state index in [1.807, 2.05) is 18.2 Å². The molecule has 4 nitrogen and oxygen atoms in total. The van der Waals surface area contributed by atoms with E-state index in [9.17, 15) is 9.59 Å². The van der Waals surface area contributed by atoms with Gasteiger partial charge in [0.05, 0.1) is 14.2 Å². The Morgan fingerprint density at radius 2 is 1.46 bits per heavy atom. The smallest absolute Gasteiger partial charge is 0.177 e. The number of rotatable bonds is 2. The Kier molecular flexibility index (Phi) is 3.32. The van der Waals surface area contributed by atoms with E-state index in [0.717, 1.165) is 15.6 Å². The second kappa shape index (κ2) is 5.18. The van der Waals surface area contributed by atoms with Crippen molar-refractivity contribution in [2.24, 2.45) is 5.41 Å². The minimum Gasteiger partial charge on any atom is -0.493 e. The molecule has 2 aromatic carbocycles. The standard InChI is InChI=1S/C19H15BrO4/c1-23-15-6-11-9-19(18(22)14(11)7-16(15)24-2)8-10-5-12(20)3-4-13(10)17(19)21/h3-7H,8-9H2,1-2H3/t19-/m1/s1. The fraction of sp³-hybridized carbons (Fsp3) is 0.263. The zero-order valence-corrected chi connectivity index (χ0v) is 14.9. The average Bonchev–Trinajstić information content (AvgIpc) is 3.01. The second-order valence-electron chi connectivity index (χ2n) is 6.26. The molecule has 0 aliphatic heterocycles. The van der Waals surface area contributed by atoms with Gasteiger partial charge in [-0.05, 0) is 54.3 Å². The third kappa shape index (κ3) is 1.91. The van der Waals surface area contributed by atoms with E-state index in [1.54, 1.807) is 19.2 Å². The molecular weight excluding hydrogens is 372 g/mol. The van der Waals surface area contributed by atoms with Crippen molar-refractivity contribution in [2.75, 3.05) is 14.2 Å². The van der Waals surface area contributed by atoms with Gasteiger partial charge in [0.15, 0.2) is 23.1 Å². The van der Waals surface area contributed by atoms with Crippen LogP contribution in [0, 0.1) is 5.41 Å². The first-order valence-electron chi connectivity index (χ1n) is 7.63. The average molecular weight is 387 g/mol. The molecule has 5 heteroatoms. The van der Waals surface area contributed by atoms with E-state index in [4.69, 9.17) is 9.47 Å². The van der Waals surface area contributed by atoms with Gasteiger partial charge in [0.25, 0.3) is 0 Å². The van der Waals surface area contributed by atoms with Crippen LogP contribution in [0.3, 0.4) is 0 Å². The molecule has 0 unspecified atom stereocenters. The molecule has 122 valence electrons. The molecule has 0 heterocycles. The van der Waals surface area contributed by atoms with Crippen LogP contribution in [0.25, 0.3) is 0 Å². The fourth-order valence-corrected chi connectivity index (χ4v) is 4.27. The highest BCUT2D eigenvalue weighted by Gasteiger charge is 2.55. The number of ketones is 2. The molecule has 2 aromatic rings. The molecule has 2 aliphatic rings. The molecule has 0 N–H and O–H groups in total. The van der Waals surface area contributed by atoms with Gasteiger partial charge in [-0.25, -0.2) is 0 Å². The highest BCUT2D eigenvalue weighted by atomic mass is 79.9. The van der Waals surface area contributed by atoms with Gasteiger partial charge in [0.1, 0.15) is 5.41 Å². The van der Waals surface area contributed by atoms with Gasteiger partial charge < -0.3 is 9.47 Å². The van der Waals surface area contributed by atoms with Crippen LogP contribution in [0.5, 0.6) is 11.5 Å². The summed E-state index contributed by atoms with van der Waals surface area (Å²) in [5.41, 5.74) is 1.97. The lowest BCUT2D eigenvalue weighted by atomic mass is 9.80. The summed E-state index contributed by atoms with van der Waals surface area (Å²) in [6, 6.07) is 9.08. The Labute approximate surface area is 147 Å². The van der Waals surface area contributed by atoms with E-state index >= 15 is 0 Å². The summed E-state index contributed by atoms with van der Waals surface area (Å²) >= 11 is 3.43. The number of carbonyl (C=O) groups is 2. The van der Waals surface area contributed by atoms with Crippen molar-refractivity contribution >= 4 is 27.5 Å². The predicted octanol–water partition coefficient (Wildman–Crippen LogP) is 3.63. The van der Waals surface area contributed by atoms with Gasteiger partial charge in [0.2, 0.25) is 0 Å². The molecule has 0 bridgehead atoms. The molecule has 2 aliphatic carbocycles. The Morgan fingerprint density at radius 3 is 2.12 bits per heavy atom. The maximum absolute atomic E-state index is 13.1. The number of hydrogen-bond acceptors (Lipinski definition) is 4. The zero-order chi connectivity index (χ0) is 17.1. The SMILES string of the molecule is COc1cc2c(cc1OC)C(=O)[C@]1(Cc3cc(Br)ccc3C1=O)C2. The first-order valence-corrected chi connectivity index (χ1v) is 8.42. The summed E-state index contributed by atoms with van der Waals surface area (Å²) < 4.78 is 11.5. The topological polar surface area (TPSA) is 52.6 Å². The lowest BCUT2D eigenvalue weighted by molar-refractivity contribution is 0.0705. The van der Waals surface area contributed by atoms with Crippen LogP contribution < -0.4 is 9.47 Å². The third-order valence-electron chi connectivity index (χ3n) is 5.02. The second-order valence-corrected chi connectivity index (χ2v) is 7.18. The first kappa shape index (κ1) is 15.4. The van der Waals surface area contributed by atoms with Crippen LogP contribution in [0.4, 0.5) is 0 Å². The van der Waals surface area contributed by atoms with Crippen molar-refractivity contribution in [3.8, 4) is 11.5 Å². The number of hydrogen-bond donors (Lipinski definition) is 0. The number of methoxy groups -OCH3 is 2. The van der Waals surface area contributed by atoms with Crippen molar-refractivity contribution in [1.82, 2.24) is 0 Å². The number of Topliss-reactive ketones (excluding diaryl/α,β-unsaturated/α-hetero) is 2. The number of ether oxygens (including phenoxy) is 2. The maximum atomic E-state index is 13.1. The van der Waals surface area contributed by atoms with E-state index in [2.05, 4.69) is 15.9 Å². The van der Waals surface area contributed by atoms with E-state index < -0.39 is 5.41 Å². The number of benzene rings is 2. The molecule has 24 heavy (non-hydrogen) atoms. The largest absolute Gasteiger partial charge is 0.493 e. The minimum atomic E-state index is -1.01. The Balaban J connectivity index is 1.83. The summed E-state index contributed by atoms with van der Waals surface area (Å²) in [5, 5.41) is 0. The molecule has 0 saturated carbocycles. The fourth-order valence-electron chi connectivity index (χ4n) is 3.86. The number of halogens is 1. The lowest BCUT2D eigenvalue weighted by Gasteiger charge is -2.18. The quantitative estimate of drug-likeness (QED) is 0.739. The van der Waals surface area contributed by atoms with Crippen molar-refractivity contribution in [2.45, 2.75) is 12.8 Å². The van der Waals surface area contributed by atoms with Crippen LogP contribution in [0.2, 0.25) is 0 Å². The molecule has 0 saturated heterocycles. The Bertz CT molecular complexity index is 902. The molecule has 1 atom stereocenters. The van der Waals surface area contributed by atoms with Crippen LogP contribution in [0.15, 0.2) is 34.8 Å². The minimum absolute atomic E-state index is 0.0795. The van der Waals surface area contributed by atoms with E-state index in [-0.39, 0.29) is 11.6 Å². The van der Waals surface area contributed by atoms with Crippen LogP contribution in [-0.4, -0.2) is 25.8 Å². The van der Waals surface area contributed by atoms with Crippen LogP contribution in [-0.2, 0) is 12.8 Å². The maximum Gasteiger partial charge on any atom is 0.177 e. The zero-order valence-electron chi connectivity index (χ0n) is 13.3. The normalized spacial score (nSPS) is 21.1. The third-order valence-corrected chi connectivity index (χ3v) is 5.51. The molecule has 0 radical (unpaired) electrons. The monoisotopic (exact) mass is 386 g/mol. The summed E-state index contributed by atoms with van der Waals surface area (Å²) in [4.78, 5) is 26.1. The molecule has 4 rings (SSSR count). The Morgan fingerprint density at radius 1 is 0.875 bits per heavy atom. The highest BCUT2D eigenvalue weighted by Crippen LogP contribution is 2.49. The van der Waals surface area contributed by atoms with Crippen molar-refractivity contribution in [3.63, 3.8) is 0 Å². The highest BCUT2D eigenvalue weighted by molar-refractivity contribution is 9.10. The summed E-state index contributed by atoms with van der Waals surface area (Å²) in [6.07, 6.45) is 0.853. The van der Waals surface area contributed by atoms with Crippen molar-refractivity contribution in [1.29, 1.82) is 0 Å². The Hall–Kier alpha value is -2.14. The molecule has 0 amide bonds. The number of fused-ring (bicyclic) bond motifs is 2. The van der Waals surface area contributed by atoms with Gasteiger partial charge in [-0.1, -0.05) is 15.9 Å². The predicted molar refractivity (Wildman–Crippen MR) is 92.2 cm³/mol. The van der Waals surface area contributed by atoms with Gasteiger partial charge >= 0.3 is 0 Å². The summed E-state index contributed by atoms with van der Waals surface area (Å²) in [6.45, 7) is 0.